The Bertz CT molecular complexity index is 1130. The first-order chi connectivity index (χ1) is 13.1. The molecule has 0 amide bonds. The molecule has 0 spiro atoms. The third-order valence-corrected chi connectivity index (χ3v) is 4.19. The molecule has 4 rings (SSSR count). The third-order valence-electron chi connectivity index (χ3n) is 4.19. The summed E-state index contributed by atoms with van der Waals surface area (Å²) in [6, 6.07) is 15.0. The second kappa shape index (κ2) is 6.81. The van der Waals surface area contributed by atoms with E-state index < -0.39 is 5.82 Å². The van der Waals surface area contributed by atoms with E-state index in [1.807, 2.05) is 12.1 Å². The summed E-state index contributed by atoms with van der Waals surface area (Å²) in [5.41, 5.74) is 0.368. The van der Waals surface area contributed by atoms with Crippen LogP contribution in [-0.2, 0) is 0 Å². The summed E-state index contributed by atoms with van der Waals surface area (Å²) in [5, 5.41) is 20.7. The highest BCUT2D eigenvalue weighted by Crippen LogP contribution is 2.34. The zero-order chi connectivity index (χ0) is 18.8. The van der Waals surface area contributed by atoms with Gasteiger partial charge < -0.3 is 14.7 Å². The summed E-state index contributed by atoms with van der Waals surface area (Å²) in [4.78, 5) is 5.72. The number of nitrogens with zero attached hydrogens (tertiary/aromatic N) is 3. The van der Waals surface area contributed by atoms with Gasteiger partial charge in [-0.2, -0.15) is 5.26 Å². The van der Waals surface area contributed by atoms with Crippen LogP contribution in [0.1, 0.15) is 5.56 Å². The number of hydrogen-bond acceptors (Lipinski definition) is 5. The number of hydrogen-bond donors (Lipinski definition) is 1. The van der Waals surface area contributed by atoms with Gasteiger partial charge in [0.1, 0.15) is 35.8 Å². The van der Waals surface area contributed by atoms with E-state index in [-0.39, 0.29) is 29.4 Å². The second-order valence-corrected chi connectivity index (χ2v) is 5.99. The molecular formula is C21H14FN3O2. The maximum Gasteiger partial charge on any atom is 0.148 e. The lowest BCUT2D eigenvalue weighted by Crippen LogP contribution is -2.19. The van der Waals surface area contributed by atoms with Crippen LogP contribution in [0.15, 0.2) is 65.8 Å². The van der Waals surface area contributed by atoms with Crippen molar-refractivity contribution in [2.24, 2.45) is 4.99 Å². The number of aromatic hydroxyl groups is 1. The van der Waals surface area contributed by atoms with Crippen LogP contribution in [0.3, 0.4) is 0 Å². The highest BCUT2D eigenvalue weighted by atomic mass is 19.1. The summed E-state index contributed by atoms with van der Waals surface area (Å²) in [5.74, 6) is 0.355. The lowest BCUT2D eigenvalue weighted by molar-refractivity contribution is 0.475. The van der Waals surface area contributed by atoms with Crippen LogP contribution in [0.2, 0.25) is 0 Å². The number of anilines is 1. The van der Waals surface area contributed by atoms with Gasteiger partial charge >= 0.3 is 0 Å². The van der Waals surface area contributed by atoms with E-state index in [1.54, 1.807) is 53.7 Å². The normalized spacial score (nSPS) is 13.0. The van der Waals surface area contributed by atoms with Crippen molar-refractivity contribution in [3.8, 4) is 23.3 Å². The number of allylic oxidation sites excluding steroid dienone is 1. The summed E-state index contributed by atoms with van der Waals surface area (Å²) in [7, 11) is 0. The smallest absolute Gasteiger partial charge is 0.148 e. The van der Waals surface area contributed by atoms with Gasteiger partial charge in [0.05, 0.1) is 11.3 Å². The first-order valence-corrected chi connectivity index (χ1v) is 8.21. The molecule has 1 aliphatic rings. The van der Waals surface area contributed by atoms with Gasteiger partial charge in [0.15, 0.2) is 0 Å². The first kappa shape index (κ1) is 16.6. The van der Waals surface area contributed by atoms with Crippen molar-refractivity contribution in [3.63, 3.8) is 0 Å². The fourth-order valence-corrected chi connectivity index (χ4v) is 2.88. The summed E-state index contributed by atoms with van der Waals surface area (Å²) in [6.45, 7) is 0.286. The molecule has 27 heavy (non-hydrogen) atoms. The van der Waals surface area contributed by atoms with Gasteiger partial charge in [0, 0.05) is 18.5 Å². The number of aliphatic imine (C=N–C) groups is 1. The summed E-state index contributed by atoms with van der Waals surface area (Å²) < 4.78 is 20.3. The number of nitriles is 1. The van der Waals surface area contributed by atoms with Crippen LogP contribution in [-0.4, -0.2) is 18.0 Å². The minimum absolute atomic E-state index is 0.0942. The Kier molecular flexibility index (Phi) is 4.19. The van der Waals surface area contributed by atoms with E-state index >= 15 is 0 Å². The number of halogens is 1. The van der Waals surface area contributed by atoms with Crippen molar-refractivity contribution in [3.05, 3.63) is 72.2 Å². The molecule has 0 aromatic heterocycles. The molecule has 5 nitrogen and oxygen atoms in total. The van der Waals surface area contributed by atoms with Crippen molar-refractivity contribution in [1.29, 1.82) is 5.26 Å². The Labute approximate surface area is 154 Å². The molecule has 0 radical (unpaired) electrons. The quantitative estimate of drug-likeness (QED) is 0.735. The van der Waals surface area contributed by atoms with Gasteiger partial charge in [0.2, 0.25) is 0 Å². The van der Waals surface area contributed by atoms with E-state index in [4.69, 9.17) is 4.74 Å². The van der Waals surface area contributed by atoms with Crippen LogP contribution in [0.4, 0.5) is 10.1 Å². The molecule has 3 aromatic rings. The average molecular weight is 359 g/mol. The van der Waals surface area contributed by atoms with E-state index in [9.17, 15) is 14.8 Å². The number of phenolic OH excluding ortho intramolecular Hbond substituents is 1. The maximum absolute atomic E-state index is 14.4. The molecule has 0 saturated heterocycles. The van der Waals surface area contributed by atoms with Gasteiger partial charge in [-0.15, -0.1) is 0 Å². The number of fused-ring (bicyclic) bond motifs is 1. The highest BCUT2D eigenvalue weighted by molar-refractivity contribution is 5.85. The van der Waals surface area contributed by atoms with Gasteiger partial charge in [0.25, 0.3) is 0 Å². The lowest BCUT2D eigenvalue weighted by atomic mass is 10.1. The zero-order valence-electron chi connectivity index (χ0n) is 14.1. The Morgan fingerprint density at radius 3 is 2.74 bits per heavy atom. The van der Waals surface area contributed by atoms with Crippen molar-refractivity contribution < 1.29 is 14.2 Å². The Hall–Kier alpha value is -3.85. The van der Waals surface area contributed by atoms with Crippen molar-refractivity contribution >= 4 is 22.7 Å². The van der Waals surface area contributed by atoms with Crippen LogP contribution in [0, 0.1) is 17.1 Å². The van der Waals surface area contributed by atoms with Crippen molar-refractivity contribution in [1.82, 2.24) is 0 Å². The summed E-state index contributed by atoms with van der Waals surface area (Å²) >= 11 is 0. The predicted molar refractivity (Wildman–Crippen MR) is 102 cm³/mol. The largest absolute Gasteiger partial charge is 0.508 e. The molecule has 3 aromatic carbocycles. The van der Waals surface area contributed by atoms with E-state index in [0.29, 0.717) is 5.75 Å². The monoisotopic (exact) mass is 359 g/mol. The fraction of sp³-hybridized carbons (Fsp3) is 0.0476. The minimum Gasteiger partial charge on any atom is -0.508 e. The molecule has 0 bridgehead atoms. The van der Waals surface area contributed by atoms with Crippen LogP contribution >= 0.6 is 0 Å². The highest BCUT2D eigenvalue weighted by Gasteiger charge is 2.16. The summed E-state index contributed by atoms with van der Waals surface area (Å²) in [6.07, 6.45) is 5.05. The van der Waals surface area contributed by atoms with Gasteiger partial charge in [-0.3, -0.25) is 4.99 Å². The molecule has 6 heteroatoms. The molecule has 132 valence electrons. The Balaban J connectivity index is 1.73. The molecule has 0 aliphatic carbocycles. The maximum atomic E-state index is 14.4. The van der Waals surface area contributed by atoms with Crippen LogP contribution in [0.5, 0.6) is 17.2 Å². The average Bonchev–Trinajstić information content (AvgIpc) is 2.69. The minimum atomic E-state index is -0.524. The van der Waals surface area contributed by atoms with Crippen molar-refractivity contribution in [2.75, 3.05) is 11.6 Å². The Morgan fingerprint density at radius 1 is 1.11 bits per heavy atom. The number of ether oxygens (including phenoxy) is 1. The van der Waals surface area contributed by atoms with E-state index in [2.05, 4.69) is 4.99 Å². The van der Waals surface area contributed by atoms with Gasteiger partial charge in [-0.05, 0) is 47.2 Å². The van der Waals surface area contributed by atoms with Gasteiger partial charge in [-0.25, -0.2) is 4.39 Å². The molecule has 0 unspecified atom stereocenters. The third kappa shape index (κ3) is 3.31. The van der Waals surface area contributed by atoms with Crippen molar-refractivity contribution in [2.45, 2.75) is 0 Å². The zero-order valence-corrected chi connectivity index (χ0v) is 14.1. The SMILES string of the molecule is N#Cc1cc(F)c(N2C=CC=NC2)cc1Oc1ccc2ccc(O)cc2c1. The standard InChI is InChI=1S/C21H14FN3O2/c22-19-10-16(12-23)21(11-20(19)25-7-1-6-24-13-25)27-18-5-3-14-2-4-17(26)8-15(14)9-18/h1-11,26H,13H2. The number of benzene rings is 3. The van der Waals surface area contributed by atoms with Crippen LogP contribution in [0.25, 0.3) is 10.8 Å². The number of rotatable bonds is 3. The molecule has 0 fully saturated rings. The lowest BCUT2D eigenvalue weighted by Gasteiger charge is -2.21. The molecule has 1 N–H and O–H groups in total. The first-order valence-electron chi connectivity index (χ1n) is 8.21. The fourth-order valence-electron chi connectivity index (χ4n) is 2.88. The second-order valence-electron chi connectivity index (χ2n) is 5.99. The molecule has 1 heterocycles. The van der Waals surface area contributed by atoms with E-state index in [0.717, 1.165) is 16.8 Å². The molecular weight excluding hydrogens is 345 g/mol. The van der Waals surface area contributed by atoms with E-state index in [1.165, 1.54) is 6.07 Å². The molecule has 0 saturated carbocycles. The topological polar surface area (TPSA) is 68.9 Å². The molecule has 0 atom stereocenters. The number of phenols is 1. The predicted octanol–water partition coefficient (Wildman–Crippen LogP) is 4.71. The Morgan fingerprint density at radius 2 is 1.96 bits per heavy atom. The van der Waals surface area contributed by atoms with Crippen LogP contribution < -0.4 is 9.64 Å². The molecule has 1 aliphatic heterocycles. The van der Waals surface area contributed by atoms with Gasteiger partial charge in [-0.1, -0.05) is 12.1 Å².